The average Bonchev–Trinajstić information content (AvgIpc) is 2.74. The maximum atomic E-state index is 10.4. The zero-order chi connectivity index (χ0) is 11.6. The number of ether oxygens (including phenoxy) is 2. The van der Waals surface area contributed by atoms with Crippen molar-refractivity contribution in [3.63, 3.8) is 0 Å². The fourth-order valence-corrected chi connectivity index (χ4v) is 2.27. The summed E-state index contributed by atoms with van der Waals surface area (Å²) in [4.78, 5) is 0. The normalized spacial score (nSPS) is 29.9. The molecule has 0 radical (unpaired) electrons. The Bertz CT molecular complexity index is 254. The van der Waals surface area contributed by atoms with Gasteiger partial charge in [0.25, 0.3) is 0 Å². The largest absolute Gasteiger partial charge is 0.386 e. The smallest absolute Gasteiger partial charge is 0.177 e. The van der Waals surface area contributed by atoms with Gasteiger partial charge in [0.05, 0.1) is 18.8 Å². The molecule has 0 unspecified atom stereocenters. The van der Waals surface area contributed by atoms with Crippen LogP contribution < -0.4 is 0 Å². The van der Waals surface area contributed by atoms with Crippen LogP contribution >= 0.6 is 0 Å². The van der Waals surface area contributed by atoms with Crippen LogP contribution in [0.1, 0.15) is 39.5 Å². The third-order valence-corrected chi connectivity index (χ3v) is 3.68. The summed E-state index contributed by atoms with van der Waals surface area (Å²) in [6, 6.07) is 0. The molecule has 16 heavy (non-hydrogen) atoms. The lowest BCUT2D eigenvalue weighted by Gasteiger charge is -2.38. The summed E-state index contributed by atoms with van der Waals surface area (Å²) in [5.41, 5.74) is -0.273. The van der Waals surface area contributed by atoms with Crippen LogP contribution in [-0.2, 0) is 9.47 Å². The lowest BCUT2D eigenvalue weighted by Crippen LogP contribution is -2.35. The minimum atomic E-state index is -0.648. The molecule has 3 nitrogen and oxygen atoms in total. The topological polar surface area (TPSA) is 38.7 Å². The van der Waals surface area contributed by atoms with Crippen molar-refractivity contribution in [2.75, 3.05) is 13.2 Å². The maximum Gasteiger partial charge on any atom is 0.177 e. The fourth-order valence-electron chi connectivity index (χ4n) is 2.27. The molecule has 0 aromatic heterocycles. The Balaban J connectivity index is 1.88. The Kier molecular flexibility index (Phi) is 3.38. The first-order valence-electron chi connectivity index (χ1n) is 6.14. The van der Waals surface area contributed by atoms with Crippen molar-refractivity contribution in [2.45, 2.75) is 51.4 Å². The number of hydrogen-bond donors (Lipinski definition) is 1. The summed E-state index contributed by atoms with van der Waals surface area (Å²) in [6.45, 7) is 5.83. The minimum absolute atomic E-state index is 0.251. The molecule has 0 amide bonds. The zero-order valence-electron chi connectivity index (χ0n) is 10.2. The van der Waals surface area contributed by atoms with Crippen molar-refractivity contribution in [2.24, 2.45) is 5.41 Å². The van der Waals surface area contributed by atoms with Gasteiger partial charge in [0, 0.05) is 0 Å². The van der Waals surface area contributed by atoms with Crippen LogP contribution in [0.5, 0.6) is 0 Å². The summed E-state index contributed by atoms with van der Waals surface area (Å²) >= 11 is 0. The Morgan fingerprint density at radius 3 is 2.19 bits per heavy atom. The van der Waals surface area contributed by atoms with Crippen molar-refractivity contribution in [3.05, 3.63) is 12.2 Å². The van der Waals surface area contributed by atoms with E-state index in [-0.39, 0.29) is 6.29 Å². The molecule has 0 bridgehead atoms. The highest BCUT2D eigenvalue weighted by Gasteiger charge is 2.34. The lowest BCUT2D eigenvalue weighted by atomic mass is 9.71. The molecule has 3 heteroatoms. The highest BCUT2D eigenvalue weighted by molar-refractivity contribution is 5.05. The molecule has 92 valence electrons. The SMILES string of the molecule is CC1(C)CCC(O)(/C=C/C2OCCO2)CC1. The number of rotatable bonds is 2. The summed E-state index contributed by atoms with van der Waals surface area (Å²) in [5.74, 6) is 0. The summed E-state index contributed by atoms with van der Waals surface area (Å²) in [7, 11) is 0. The minimum Gasteiger partial charge on any atom is -0.386 e. The Labute approximate surface area is 97.4 Å². The van der Waals surface area contributed by atoms with Crippen molar-refractivity contribution in [1.82, 2.24) is 0 Å². The van der Waals surface area contributed by atoms with Gasteiger partial charge in [-0.15, -0.1) is 0 Å². The molecule has 2 fully saturated rings. The summed E-state index contributed by atoms with van der Waals surface area (Å²) in [6.07, 6.45) is 7.29. The summed E-state index contributed by atoms with van der Waals surface area (Å²) in [5, 5.41) is 10.4. The molecule has 1 saturated heterocycles. The first kappa shape index (κ1) is 12.1. The van der Waals surface area contributed by atoms with Gasteiger partial charge in [-0.05, 0) is 37.2 Å². The number of aliphatic hydroxyl groups is 1. The van der Waals surface area contributed by atoms with E-state index < -0.39 is 5.60 Å². The van der Waals surface area contributed by atoms with Crippen molar-refractivity contribution < 1.29 is 14.6 Å². The quantitative estimate of drug-likeness (QED) is 0.734. The lowest BCUT2D eigenvalue weighted by molar-refractivity contribution is -0.00964. The zero-order valence-corrected chi connectivity index (χ0v) is 10.2. The predicted molar refractivity (Wildman–Crippen MR) is 62.0 cm³/mol. The van der Waals surface area contributed by atoms with E-state index in [4.69, 9.17) is 9.47 Å². The molecule has 0 aromatic rings. The second-order valence-corrected chi connectivity index (χ2v) is 5.74. The Morgan fingerprint density at radius 1 is 1.06 bits per heavy atom. The van der Waals surface area contributed by atoms with Crippen LogP contribution in [-0.4, -0.2) is 30.2 Å². The predicted octanol–water partition coefficient (Wildman–Crippen LogP) is 2.25. The molecule has 1 heterocycles. The fraction of sp³-hybridized carbons (Fsp3) is 0.846. The summed E-state index contributed by atoms with van der Waals surface area (Å²) < 4.78 is 10.6. The van der Waals surface area contributed by atoms with E-state index in [1.165, 1.54) is 0 Å². The monoisotopic (exact) mass is 226 g/mol. The first-order chi connectivity index (χ1) is 7.49. The van der Waals surface area contributed by atoms with Crippen LogP contribution in [0.4, 0.5) is 0 Å². The van der Waals surface area contributed by atoms with Crippen molar-refractivity contribution in [1.29, 1.82) is 0 Å². The van der Waals surface area contributed by atoms with E-state index in [2.05, 4.69) is 13.8 Å². The standard InChI is InChI=1S/C13H22O3/c1-12(2)5-7-13(14,8-6-12)4-3-11-15-9-10-16-11/h3-4,11,14H,5-10H2,1-2H3/b4-3+. The third kappa shape index (κ3) is 3.06. The number of hydrogen-bond acceptors (Lipinski definition) is 3. The Hall–Kier alpha value is -0.380. The van der Waals surface area contributed by atoms with Gasteiger partial charge in [-0.1, -0.05) is 19.9 Å². The van der Waals surface area contributed by atoms with E-state index >= 15 is 0 Å². The van der Waals surface area contributed by atoms with Crippen LogP contribution in [0.25, 0.3) is 0 Å². The van der Waals surface area contributed by atoms with Crippen molar-refractivity contribution in [3.8, 4) is 0 Å². The second kappa shape index (κ2) is 4.47. The first-order valence-corrected chi connectivity index (χ1v) is 6.14. The van der Waals surface area contributed by atoms with Gasteiger partial charge in [0.15, 0.2) is 6.29 Å². The van der Waals surface area contributed by atoms with Gasteiger partial charge in [0.2, 0.25) is 0 Å². The molecule has 1 saturated carbocycles. The van der Waals surface area contributed by atoms with Crippen molar-refractivity contribution >= 4 is 0 Å². The van der Waals surface area contributed by atoms with Gasteiger partial charge in [-0.25, -0.2) is 0 Å². The molecular weight excluding hydrogens is 204 g/mol. The van der Waals surface area contributed by atoms with E-state index in [9.17, 15) is 5.11 Å². The molecular formula is C13H22O3. The molecule has 1 aliphatic carbocycles. The van der Waals surface area contributed by atoms with Gasteiger partial charge in [-0.2, -0.15) is 0 Å². The molecule has 0 spiro atoms. The highest BCUT2D eigenvalue weighted by atomic mass is 16.7. The van der Waals surface area contributed by atoms with Gasteiger partial charge in [0.1, 0.15) is 0 Å². The van der Waals surface area contributed by atoms with Crippen LogP contribution in [0.2, 0.25) is 0 Å². The molecule has 1 N–H and O–H groups in total. The molecule has 2 rings (SSSR count). The van der Waals surface area contributed by atoms with E-state index in [0.717, 1.165) is 25.7 Å². The van der Waals surface area contributed by atoms with E-state index in [1.807, 2.05) is 12.2 Å². The van der Waals surface area contributed by atoms with Crippen LogP contribution in [0.3, 0.4) is 0 Å². The molecule has 0 atom stereocenters. The van der Waals surface area contributed by atoms with E-state index in [1.54, 1.807) is 0 Å². The third-order valence-electron chi connectivity index (χ3n) is 3.68. The van der Waals surface area contributed by atoms with Gasteiger partial charge >= 0.3 is 0 Å². The Morgan fingerprint density at radius 2 is 1.62 bits per heavy atom. The van der Waals surface area contributed by atoms with Crippen LogP contribution in [0, 0.1) is 5.41 Å². The van der Waals surface area contributed by atoms with Crippen LogP contribution in [0.15, 0.2) is 12.2 Å². The second-order valence-electron chi connectivity index (χ2n) is 5.74. The molecule has 0 aromatic carbocycles. The van der Waals surface area contributed by atoms with Gasteiger partial charge < -0.3 is 14.6 Å². The average molecular weight is 226 g/mol. The maximum absolute atomic E-state index is 10.4. The molecule has 2 aliphatic rings. The highest BCUT2D eigenvalue weighted by Crippen LogP contribution is 2.40. The van der Waals surface area contributed by atoms with E-state index in [0.29, 0.717) is 18.6 Å². The van der Waals surface area contributed by atoms with Gasteiger partial charge in [-0.3, -0.25) is 0 Å². The molecule has 1 aliphatic heterocycles.